The molecular weight excluding hydrogens is 276 g/mol. The molecule has 114 valence electrons. The molecule has 0 fully saturated rings. The SMILES string of the molecule is Cc1cc(NCCN(C)C)nc(Nc2ccccc2C#N)n1. The van der Waals surface area contributed by atoms with Crippen LogP contribution in [0.15, 0.2) is 30.3 Å². The van der Waals surface area contributed by atoms with Gasteiger partial charge in [0.2, 0.25) is 5.95 Å². The molecule has 0 radical (unpaired) electrons. The van der Waals surface area contributed by atoms with Crippen molar-refractivity contribution < 1.29 is 0 Å². The van der Waals surface area contributed by atoms with Crippen molar-refractivity contribution in [1.82, 2.24) is 14.9 Å². The number of aromatic nitrogens is 2. The van der Waals surface area contributed by atoms with Crippen molar-refractivity contribution in [3.05, 3.63) is 41.6 Å². The van der Waals surface area contributed by atoms with Crippen LogP contribution in [0.2, 0.25) is 0 Å². The van der Waals surface area contributed by atoms with Gasteiger partial charge in [0.1, 0.15) is 11.9 Å². The van der Waals surface area contributed by atoms with Crippen molar-refractivity contribution in [2.24, 2.45) is 0 Å². The summed E-state index contributed by atoms with van der Waals surface area (Å²) < 4.78 is 0. The van der Waals surface area contributed by atoms with E-state index in [9.17, 15) is 0 Å². The largest absolute Gasteiger partial charge is 0.369 e. The second-order valence-corrected chi connectivity index (χ2v) is 5.23. The maximum absolute atomic E-state index is 9.13. The predicted octanol–water partition coefficient (Wildman–Crippen LogP) is 2.37. The lowest BCUT2D eigenvalue weighted by molar-refractivity contribution is 0.425. The first-order valence-electron chi connectivity index (χ1n) is 7.09. The van der Waals surface area contributed by atoms with Crippen LogP contribution >= 0.6 is 0 Å². The first-order valence-corrected chi connectivity index (χ1v) is 7.09. The topological polar surface area (TPSA) is 76.9 Å². The molecule has 0 saturated carbocycles. The Bertz CT molecular complexity index is 675. The van der Waals surface area contributed by atoms with E-state index in [1.165, 1.54) is 0 Å². The molecule has 0 bridgehead atoms. The van der Waals surface area contributed by atoms with Crippen molar-refractivity contribution >= 4 is 17.5 Å². The van der Waals surface area contributed by atoms with Crippen LogP contribution in [0, 0.1) is 18.3 Å². The van der Waals surface area contributed by atoms with E-state index in [-0.39, 0.29) is 0 Å². The van der Waals surface area contributed by atoms with Gasteiger partial charge in [-0.2, -0.15) is 10.2 Å². The van der Waals surface area contributed by atoms with Crippen LogP contribution in [0.5, 0.6) is 0 Å². The highest BCUT2D eigenvalue weighted by Crippen LogP contribution is 2.19. The molecule has 0 aliphatic rings. The zero-order chi connectivity index (χ0) is 15.9. The van der Waals surface area contributed by atoms with Gasteiger partial charge in [0.05, 0.1) is 11.3 Å². The summed E-state index contributed by atoms with van der Waals surface area (Å²) >= 11 is 0. The standard InChI is InChI=1S/C16H20N6/c1-12-10-15(18-8-9-22(2)3)21-16(19-12)20-14-7-5-4-6-13(14)11-17/h4-7,10H,8-9H2,1-3H3,(H2,18,19,20,21). The molecule has 1 aromatic carbocycles. The van der Waals surface area contributed by atoms with E-state index in [1.807, 2.05) is 45.3 Å². The Morgan fingerprint density at radius 1 is 1.23 bits per heavy atom. The van der Waals surface area contributed by atoms with Crippen molar-refractivity contribution in [2.45, 2.75) is 6.92 Å². The third kappa shape index (κ3) is 4.43. The summed E-state index contributed by atoms with van der Waals surface area (Å²) in [6, 6.07) is 11.3. The summed E-state index contributed by atoms with van der Waals surface area (Å²) in [4.78, 5) is 10.9. The molecule has 1 heterocycles. The van der Waals surface area contributed by atoms with E-state index in [4.69, 9.17) is 5.26 Å². The quantitative estimate of drug-likeness (QED) is 0.852. The third-order valence-corrected chi connectivity index (χ3v) is 3.01. The maximum atomic E-state index is 9.13. The molecule has 0 spiro atoms. The highest BCUT2D eigenvalue weighted by atomic mass is 15.2. The van der Waals surface area contributed by atoms with Crippen LogP contribution in [0.1, 0.15) is 11.3 Å². The van der Waals surface area contributed by atoms with E-state index in [1.54, 1.807) is 6.07 Å². The van der Waals surface area contributed by atoms with Crippen molar-refractivity contribution in [2.75, 3.05) is 37.8 Å². The smallest absolute Gasteiger partial charge is 0.229 e. The number of likely N-dealkylation sites (N-methyl/N-ethyl adjacent to an activating group) is 1. The van der Waals surface area contributed by atoms with Gasteiger partial charge in [-0.3, -0.25) is 0 Å². The minimum atomic E-state index is 0.482. The lowest BCUT2D eigenvalue weighted by Gasteiger charge is -2.12. The van der Waals surface area contributed by atoms with Gasteiger partial charge in [-0.1, -0.05) is 12.1 Å². The van der Waals surface area contributed by atoms with Crippen LogP contribution in [0.3, 0.4) is 0 Å². The summed E-state index contributed by atoms with van der Waals surface area (Å²) in [5, 5.41) is 15.5. The summed E-state index contributed by atoms with van der Waals surface area (Å²) in [5.41, 5.74) is 2.13. The van der Waals surface area contributed by atoms with Crippen LogP contribution in [-0.2, 0) is 0 Å². The maximum Gasteiger partial charge on any atom is 0.229 e. The fourth-order valence-electron chi connectivity index (χ4n) is 1.93. The Morgan fingerprint density at radius 2 is 2.00 bits per heavy atom. The second-order valence-electron chi connectivity index (χ2n) is 5.23. The number of para-hydroxylation sites is 1. The number of hydrogen-bond donors (Lipinski definition) is 2. The van der Waals surface area contributed by atoms with Gasteiger partial charge in [0, 0.05) is 24.8 Å². The summed E-state index contributed by atoms with van der Waals surface area (Å²) in [6.45, 7) is 3.64. The zero-order valence-electron chi connectivity index (χ0n) is 13.1. The Labute approximate surface area is 130 Å². The van der Waals surface area contributed by atoms with E-state index in [0.29, 0.717) is 17.2 Å². The minimum Gasteiger partial charge on any atom is -0.369 e. The fraction of sp³-hybridized carbons (Fsp3) is 0.312. The number of nitrogens with zero attached hydrogens (tertiary/aromatic N) is 4. The molecule has 6 heteroatoms. The minimum absolute atomic E-state index is 0.482. The Morgan fingerprint density at radius 3 is 2.73 bits per heavy atom. The highest BCUT2D eigenvalue weighted by Gasteiger charge is 2.06. The Balaban J connectivity index is 2.14. The molecular formula is C16H20N6. The molecule has 6 nitrogen and oxygen atoms in total. The van der Waals surface area contributed by atoms with E-state index < -0.39 is 0 Å². The second kappa shape index (κ2) is 7.38. The van der Waals surface area contributed by atoms with E-state index >= 15 is 0 Å². The molecule has 22 heavy (non-hydrogen) atoms. The first kappa shape index (κ1) is 15.7. The number of anilines is 3. The lowest BCUT2D eigenvalue weighted by Crippen LogP contribution is -2.21. The number of hydrogen-bond acceptors (Lipinski definition) is 6. The number of nitriles is 1. The highest BCUT2D eigenvalue weighted by molar-refractivity contribution is 5.63. The normalized spacial score (nSPS) is 10.3. The first-order chi connectivity index (χ1) is 10.6. The molecule has 0 amide bonds. The van der Waals surface area contributed by atoms with E-state index in [2.05, 4.69) is 31.6 Å². The van der Waals surface area contributed by atoms with Crippen LogP contribution in [0.25, 0.3) is 0 Å². The lowest BCUT2D eigenvalue weighted by atomic mass is 10.2. The number of benzene rings is 1. The molecule has 0 saturated heterocycles. The van der Waals surface area contributed by atoms with Crippen molar-refractivity contribution in [1.29, 1.82) is 5.26 Å². The molecule has 1 aromatic heterocycles. The van der Waals surface area contributed by atoms with Crippen LogP contribution in [-0.4, -0.2) is 42.1 Å². The molecule has 0 aliphatic heterocycles. The molecule has 2 rings (SSSR count). The Kier molecular flexibility index (Phi) is 5.28. The van der Waals surface area contributed by atoms with Crippen LogP contribution < -0.4 is 10.6 Å². The fourth-order valence-corrected chi connectivity index (χ4v) is 1.93. The molecule has 0 unspecified atom stereocenters. The monoisotopic (exact) mass is 296 g/mol. The molecule has 2 aromatic rings. The average molecular weight is 296 g/mol. The summed E-state index contributed by atoms with van der Waals surface area (Å²) in [7, 11) is 4.05. The van der Waals surface area contributed by atoms with Gasteiger partial charge in [-0.05, 0) is 33.2 Å². The summed E-state index contributed by atoms with van der Waals surface area (Å²) in [5.74, 6) is 1.25. The van der Waals surface area contributed by atoms with Gasteiger partial charge in [-0.15, -0.1) is 0 Å². The van der Waals surface area contributed by atoms with Crippen molar-refractivity contribution in [3.63, 3.8) is 0 Å². The number of aryl methyl sites for hydroxylation is 1. The molecule has 0 aliphatic carbocycles. The van der Waals surface area contributed by atoms with Gasteiger partial charge in [-0.25, -0.2) is 4.98 Å². The van der Waals surface area contributed by atoms with Gasteiger partial charge in [0.25, 0.3) is 0 Å². The molecule has 2 N–H and O–H groups in total. The van der Waals surface area contributed by atoms with Gasteiger partial charge >= 0.3 is 0 Å². The Hall–Kier alpha value is -2.65. The third-order valence-electron chi connectivity index (χ3n) is 3.01. The number of rotatable bonds is 6. The van der Waals surface area contributed by atoms with Crippen molar-refractivity contribution in [3.8, 4) is 6.07 Å². The van der Waals surface area contributed by atoms with Crippen LogP contribution in [0.4, 0.5) is 17.5 Å². The molecule has 0 atom stereocenters. The summed E-state index contributed by atoms with van der Waals surface area (Å²) in [6.07, 6.45) is 0. The van der Waals surface area contributed by atoms with Gasteiger partial charge < -0.3 is 15.5 Å². The number of nitrogens with one attached hydrogen (secondary N) is 2. The average Bonchev–Trinajstić information content (AvgIpc) is 2.47. The zero-order valence-corrected chi connectivity index (χ0v) is 13.1. The van der Waals surface area contributed by atoms with E-state index in [0.717, 1.165) is 24.6 Å². The van der Waals surface area contributed by atoms with Gasteiger partial charge in [0.15, 0.2) is 0 Å². The predicted molar refractivity (Wildman–Crippen MR) is 88.3 cm³/mol.